The van der Waals surface area contributed by atoms with Crippen LogP contribution in [0, 0.1) is 6.92 Å². The van der Waals surface area contributed by atoms with Gasteiger partial charge in [-0.3, -0.25) is 4.79 Å². The van der Waals surface area contributed by atoms with Crippen molar-refractivity contribution in [1.29, 1.82) is 0 Å². The number of aryl methyl sites for hydroxylation is 1. The lowest BCUT2D eigenvalue weighted by atomic mass is 9.95. The first-order chi connectivity index (χ1) is 8.16. The van der Waals surface area contributed by atoms with Crippen LogP contribution in [0.1, 0.15) is 48.0 Å². The molecule has 3 nitrogen and oxygen atoms in total. The molecule has 2 N–H and O–H groups in total. The van der Waals surface area contributed by atoms with E-state index in [1.165, 1.54) is 30.6 Å². The maximum Gasteiger partial charge on any atom is 0.254 e. The van der Waals surface area contributed by atoms with Crippen LogP contribution < -0.4 is 5.32 Å². The minimum Gasteiger partial charge on any atom is -0.378 e. The molecular formula is C13H19NO2S. The van der Waals surface area contributed by atoms with Gasteiger partial charge in [0.05, 0.1) is 0 Å². The number of thiophene rings is 1. The molecule has 1 heterocycles. The van der Waals surface area contributed by atoms with Crippen molar-refractivity contribution < 1.29 is 9.90 Å². The third-order valence-electron chi connectivity index (χ3n) is 3.23. The van der Waals surface area contributed by atoms with E-state index in [9.17, 15) is 9.90 Å². The monoisotopic (exact) mass is 253 g/mol. The highest BCUT2D eigenvalue weighted by molar-refractivity contribution is 7.12. The molecule has 1 atom stereocenters. The van der Waals surface area contributed by atoms with Gasteiger partial charge in [0.25, 0.3) is 5.91 Å². The summed E-state index contributed by atoms with van der Waals surface area (Å²) in [4.78, 5) is 13.7. The fraction of sp³-hybridized carbons (Fsp3) is 0.615. The number of aliphatic hydroxyl groups is 1. The lowest BCUT2D eigenvalue weighted by molar-refractivity contribution is -0.130. The Hall–Kier alpha value is -0.870. The molecule has 1 aliphatic carbocycles. The molecule has 1 amide bonds. The maximum absolute atomic E-state index is 11.9. The number of hydrogen-bond acceptors (Lipinski definition) is 3. The van der Waals surface area contributed by atoms with Crippen molar-refractivity contribution in [3.05, 3.63) is 21.9 Å². The lowest BCUT2D eigenvalue weighted by Crippen LogP contribution is -2.38. The van der Waals surface area contributed by atoms with Gasteiger partial charge < -0.3 is 10.4 Å². The topological polar surface area (TPSA) is 49.3 Å². The fourth-order valence-corrected chi connectivity index (χ4v) is 3.12. The van der Waals surface area contributed by atoms with Gasteiger partial charge in [0.15, 0.2) is 6.10 Å². The molecular weight excluding hydrogens is 234 g/mol. The summed E-state index contributed by atoms with van der Waals surface area (Å²) in [5.41, 5.74) is 0. The van der Waals surface area contributed by atoms with Crippen LogP contribution in [0.25, 0.3) is 0 Å². The Morgan fingerprint density at radius 2 is 2.12 bits per heavy atom. The Kier molecular flexibility index (Phi) is 4.18. The van der Waals surface area contributed by atoms with E-state index in [1.807, 2.05) is 19.1 Å². The van der Waals surface area contributed by atoms with Crippen molar-refractivity contribution >= 4 is 17.2 Å². The molecule has 1 saturated carbocycles. The molecule has 17 heavy (non-hydrogen) atoms. The van der Waals surface area contributed by atoms with E-state index in [2.05, 4.69) is 5.32 Å². The number of nitrogens with one attached hydrogen (secondary N) is 1. The Balaban J connectivity index is 1.90. The van der Waals surface area contributed by atoms with E-state index in [0.717, 1.165) is 22.6 Å². The zero-order valence-electron chi connectivity index (χ0n) is 10.1. The Labute approximate surface area is 106 Å². The zero-order chi connectivity index (χ0) is 12.3. The van der Waals surface area contributed by atoms with E-state index >= 15 is 0 Å². The van der Waals surface area contributed by atoms with Gasteiger partial charge in [0, 0.05) is 15.8 Å². The second-order valence-electron chi connectivity index (χ2n) is 4.69. The second-order valence-corrected chi connectivity index (χ2v) is 6.01. The normalized spacial score (nSPS) is 18.9. The van der Waals surface area contributed by atoms with Crippen LogP contribution in [0.5, 0.6) is 0 Å². The number of carbonyl (C=O) groups is 1. The average molecular weight is 253 g/mol. The van der Waals surface area contributed by atoms with Crippen molar-refractivity contribution in [1.82, 2.24) is 5.32 Å². The summed E-state index contributed by atoms with van der Waals surface area (Å²) < 4.78 is 0. The molecule has 0 bridgehead atoms. The summed E-state index contributed by atoms with van der Waals surface area (Å²) in [6.45, 7) is 1.97. The summed E-state index contributed by atoms with van der Waals surface area (Å²) in [7, 11) is 0. The van der Waals surface area contributed by atoms with Crippen molar-refractivity contribution in [3.63, 3.8) is 0 Å². The van der Waals surface area contributed by atoms with Crippen LogP contribution in [-0.4, -0.2) is 17.1 Å². The average Bonchev–Trinajstić information content (AvgIpc) is 2.76. The van der Waals surface area contributed by atoms with Gasteiger partial charge in [-0.25, -0.2) is 0 Å². The third kappa shape index (κ3) is 3.30. The van der Waals surface area contributed by atoms with Gasteiger partial charge in [-0.05, 0) is 31.9 Å². The smallest absolute Gasteiger partial charge is 0.254 e. The second kappa shape index (κ2) is 5.65. The molecule has 1 fully saturated rings. The number of rotatable bonds is 3. The van der Waals surface area contributed by atoms with Crippen molar-refractivity contribution in [2.45, 2.75) is 51.2 Å². The van der Waals surface area contributed by atoms with E-state index in [-0.39, 0.29) is 11.9 Å². The molecule has 2 rings (SSSR count). The molecule has 4 heteroatoms. The molecule has 0 radical (unpaired) electrons. The predicted octanol–water partition coefficient (Wildman–Crippen LogP) is 2.54. The first-order valence-electron chi connectivity index (χ1n) is 6.21. The SMILES string of the molecule is Cc1ccc(C(O)C(=O)NC2CCCCC2)s1. The quantitative estimate of drug-likeness (QED) is 0.869. The van der Waals surface area contributed by atoms with Crippen LogP contribution in [0.15, 0.2) is 12.1 Å². The molecule has 0 aromatic carbocycles. The van der Waals surface area contributed by atoms with Gasteiger partial charge in [0.2, 0.25) is 0 Å². The minimum absolute atomic E-state index is 0.251. The number of hydrogen-bond donors (Lipinski definition) is 2. The van der Waals surface area contributed by atoms with Crippen LogP contribution in [0.2, 0.25) is 0 Å². The number of carbonyl (C=O) groups excluding carboxylic acids is 1. The van der Waals surface area contributed by atoms with Crippen LogP contribution >= 0.6 is 11.3 Å². The minimum atomic E-state index is -1.00. The van der Waals surface area contributed by atoms with Crippen LogP contribution in [0.4, 0.5) is 0 Å². The highest BCUT2D eigenvalue weighted by Crippen LogP contribution is 2.24. The molecule has 1 unspecified atom stereocenters. The number of aliphatic hydroxyl groups excluding tert-OH is 1. The van der Waals surface area contributed by atoms with Crippen LogP contribution in [-0.2, 0) is 4.79 Å². The van der Waals surface area contributed by atoms with E-state index in [4.69, 9.17) is 0 Å². The zero-order valence-corrected chi connectivity index (χ0v) is 10.9. The highest BCUT2D eigenvalue weighted by atomic mass is 32.1. The Morgan fingerprint density at radius 3 is 2.71 bits per heavy atom. The third-order valence-corrected chi connectivity index (χ3v) is 4.28. The van der Waals surface area contributed by atoms with Gasteiger partial charge in [0.1, 0.15) is 0 Å². The van der Waals surface area contributed by atoms with Gasteiger partial charge in [-0.2, -0.15) is 0 Å². The van der Waals surface area contributed by atoms with Crippen LogP contribution in [0.3, 0.4) is 0 Å². The number of amides is 1. The van der Waals surface area contributed by atoms with Crippen molar-refractivity contribution in [2.75, 3.05) is 0 Å². The molecule has 0 spiro atoms. The largest absolute Gasteiger partial charge is 0.378 e. The van der Waals surface area contributed by atoms with Gasteiger partial charge in [-0.1, -0.05) is 19.3 Å². The standard InChI is InChI=1S/C13H19NO2S/c1-9-7-8-11(17-9)12(15)13(16)14-10-5-3-2-4-6-10/h7-8,10,12,15H,2-6H2,1H3,(H,14,16). The van der Waals surface area contributed by atoms with Crippen molar-refractivity contribution in [2.24, 2.45) is 0 Å². The molecule has 94 valence electrons. The molecule has 1 aliphatic rings. The molecule has 0 saturated heterocycles. The van der Waals surface area contributed by atoms with E-state index < -0.39 is 6.10 Å². The Morgan fingerprint density at radius 1 is 1.41 bits per heavy atom. The summed E-state index contributed by atoms with van der Waals surface area (Å²) in [6.07, 6.45) is 4.71. The van der Waals surface area contributed by atoms with Crippen molar-refractivity contribution in [3.8, 4) is 0 Å². The summed E-state index contributed by atoms with van der Waals surface area (Å²) in [5, 5.41) is 12.9. The first-order valence-corrected chi connectivity index (χ1v) is 7.03. The summed E-state index contributed by atoms with van der Waals surface area (Å²) >= 11 is 1.48. The molecule has 0 aliphatic heterocycles. The van der Waals surface area contributed by atoms with E-state index in [0.29, 0.717) is 0 Å². The van der Waals surface area contributed by atoms with Gasteiger partial charge >= 0.3 is 0 Å². The maximum atomic E-state index is 11.9. The summed E-state index contributed by atoms with van der Waals surface area (Å²) in [5.74, 6) is -0.251. The highest BCUT2D eigenvalue weighted by Gasteiger charge is 2.22. The van der Waals surface area contributed by atoms with E-state index in [1.54, 1.807) is 0 Å². The Bertz CT molecular complexity index is 383. The first kappa shape index (κ1) is 12.6. The summed E-state index contributed by atoms with van der Waals surface area (Å²) in [6, 6.07) is 4.01. The van der Waals surface area contributed by atoms with Gasteiger partial charge in [-0.15, -0.1) is 11.3 Å². The fourth-order valence-electron chi connectivity index (χ4n) is 2.26. The molecule has 1 aromatic rings. The predicted molar refractivity (Wildman–Crippen MR) is 69.0 cm³/mol. The molecule has 1 aromatic heterocycles. The lowest BCUT2D eigenvalue weighted by Gasteiger charge is -2.23.